The molecule has 1 N–H and O–H groups in total. The number of anilines is 1. The Morgan fingerprint density at radius 2 is 2.00 bits per heavy atom. The molecule has 2 fully saturated rings. The van der Waals surface area contributed by atoms with Gasteiger partial charge in [-0.3, -0.25) is 4.79 Å². The molecule has 1 saturated carbocycles. The van der Waals surface area contributed by atoms with Crippen molar-refractivity contribution in [3.63, 3.8) is 0 Å². The Morgan fingerprint density at radius 1 is 1.19 bits per heavy atom. The molecule has 2 aromatic rings. The summed E-state index contributed by atoms with van der Waals surface area (Å²) in [4.78, 5) is 27.5. The molecule has 7 nitrogen and oxygen atoms in total. The van der Waals surface area contributed by atoms with Crippen molar-refractivity contribution in [2.24, 2.45) is 0 Å². The van der Waals surface area contributed by atoms with Crippen LogP contribution in [0, 0.1) is 0 Å². The van der Waals surface area contributed by atoms with Crippen molar-refractivity contribution in [1.82, 2.24) is 20.3 Å². The fraction of sp³-hybridized carbons (Fsp3) is 0.474. The quantitative estimate of drug-likeness (QED) is 0.887. The number of ether oxygens (including phenoxy) is 1. The van der Waals surface area contributed by atoms with Crippen LogP contribution in [0.2, 0.25) is 0 Å². The first-order chi connectivity index (χ1) is 12.7. The van der Waals surface area contributed by atoms with E-state index in [0.717, 1.165) is 37.4 Å². The van der Waals surface area contributed by atoms with E-state index in [1.807, 2.05) is 0 Å². The lowest BCUT2D eigenvalue weighted by Crippen LogP contribution is -2.43. The second-order valence-corrected chi connectivity index (χ2v) is 6.92. The zero-order valence-electron chi connectivity index (χ0n) is 14.9. The molecule has 0 unspecified atom stereocenters. The molecule has 0 atom stereocenters. The van der Waals surface area contributed by atoms with Gasteiger partial charge >= 0.3 is 0 Å². The Bertz CT molecular complexity index is 768. The average molecular weight is 353 g/mol. The molecule has 0 radical (unpaired) electrons. The third kappa shape index (κ3) is 3.47. The van der Waals surface area contributed by atoms with Gasteiger partial charge in [0.15, 0.2) is 0 Å². The predicted octanol–water partition coefficient (Wildman–Crippen LogP) is 2.16. The maximum Gasteiger partial charge on any atom is 0.253 e. The van der Waals surface area contributed by atoms with Gasteiger partial charge in [0.25, 0.3) is 5.91 Å². The van der Waals surface area contributed by atoms with E-state index in [0.29, 0.717) is 17.4 Å². The molecule has 1 aliphatic heterocycles. The molecule has 1 amide bonds. The van der Waals surface area contributed by atoms with Crippen molar-refractivity contribution in [3.8, 4) is 5.88 Å². The zero-order chi connectivity index (χ0) is 17.9. The molecule has 1 aliphatic carbocycles. The zero-order valence-corrected chi connectivity index (χ0v) is 14.9. The summed E-state index contributed by atoms with van der Waals surface area (Å²) in [6.07, 6.45) is 7.49. The number of rotatable bonds is 5. The van der Waals surface area contributed by atoms with Gasteiger partial charge in [0, 0.05) is 49.1 Å². The highest BCUT2D eigenvalue weighted by molar-refractivity contribution is 5.94. The highest BCUT2D eigenvalue weighted by Crippen LogP contribution is 2.37. The van der Waals surface area contributed by atoms with Crippen LogP contribution in [0.25, 0.3) is 0 Å². The number of carbonyl (C=O) groups excluding carboxylic acids is 1. The van der Waals surface area contributed by atoms with Gasteiger partial charge in [0.2, 0.25) is 5.88 Å². The van der Waals surface area contributed by atoms with Gasteiger partial charge in [-0.1, -0.05) is 0 Å². The van der Waals surface area contributed by atoms with Crippen molar-refractivity contribution in [1.29, 1.82) is 0 Å². The van der Waals surface area contributed by atoms with Gasteiger partial charge in [0.1, 0.15) is 12.1 Å². The minimum atomic E-state index is -0.0935. The number of nitrogens with one attached hydrogen (secondary N) is 1. The maximum atomic E-state index is 12.3. The largest absolute Gasteiger partial charge is 0.481 e. The van der Waals surface area contributed by atoms with E-state index < -0.39 is 0 Å². The number of methoxy groups -OCH3 is 1. The minimum Gasteiger partial charge on any atom is -0.481 e. The van der Waals surface area contributed by atoms with Gasteiger partial charge < -0.3 is 15.0 Å². The minimum absolute atomic E-state index is 0.0935. The van der Waals surface area contributed by atoms with Crippen LogP contribution in [0.4, 0.5) is 5.82 Å². The highest BCUT2D eigenvalue weighted by Gasteiger charge is 2.33. The molecule has 0 spiro atoms. The topological polar surface area (TPSA) is 80.2 Å². The molecule has 3 heterocycles. The normalized spacial score (nSPS) is 22.0. The van der Waals surface area contributed by atoms with Crippen LogP contribution in [0.1, 0.15) is 47.7 Å². The molecule has 0 aromatic carbocycles. The van der Waals surface area contributed by atoms with Crippen LogP contribution in [0.5, 0.6) is 5.88 Å². The van der Waals surface area contributed by atoms with E-state index in [-0.39, 0.29) is 11.9 Å². The van der Waals surface area contributed by atoms with Gasteiger partial charge in [0.05, 0.1) is 12.7 Å². The van der Waals surface area contributed by atoms with Crippen molar-refractivity contribution in [2.75, 3.05) is 25.1 Å². The van der Waals surface area contributed by atoms with Crippen LogP contribution in [0.15, 0.2) is 30.7 Å². The fourth-order valence-corrected chi connectivity index (χ4v) is 3.59. The second-order valence-electron chi connectivity index (χ2n) is 6.92. The van der Waals surface area contributed by atoms with Gasteiger partial charge in [-0.25, -0.2) is 15.0 Å². The number of aromatic nitrogens is 3. The van der Waals surface area contributed by atoms with Crippen LogP contribution in [-0.2, 0) is 0 Å². The number of hydrogen-bond donors (Lipinski definition) is 1. The van der Waals surface area contributed by atoms with Crippen LogP contribution < -0.4 is 15.0 Å². The molecule has 7 heteroatoms. The molecule has 26 heavy (non-hydrogen) atoms. The van der Waals surface area contributed by atoms with E-state index in [1.165, 1.54) is 19.0 Å². The Balaban J connectivity index is 1.32. The molecule has 1 saturated heterocycles. The van der Waals surface area contributed by atoms with Crippen LogP contribution in [-0.4, -0.2) is 47.1 Å². The smallest absolute Gasteiger partial charge is 0.253 e. The number of hydrogen-bond acceptors (Lipinski definition) is 6. The van der Waals surface area contributed by atoms with E-state index >= 15 is 0 Å². The van der Waals surface area contributed by atoms with Crippen molar-refractivity contribution in [3.05, 3.63) is 42.0 Å². The first kappa shape index (κ1) is 16.8. The second kappa shape index (κ2) is 7.27. The van der Waals surface area contributed by atoms with E-state index in [2.05, 4.69) is 31.2 Å². The van der Waals surface area contributed by atoms with Crippen molar-refractivity contribution in [2.45, 2.75) is 37.6 Å². The summed E-state index contributed by atoms with van der Waals surface area (Å²) in [7, 11) is 1.55. The Kier molecular flexibility index (Phi) is 4.69. The molecular formula is C19H23N5O2. The first-order valence-electron chi connectivity index (χ1n) is 9.11. The maximum absolute atomic E-state index is 12.3. The summed E-state index contributed by atoms with van der Waals surface area (Å²) in [6.45, 7) is 2.16. The van der Waals surface area contributed by atoms with Crippen molar-refractivity contribution < 1.29 is 9.53 Å². The molecule has 4 rings (SSSR count). The summed E-state index contributed by atoms with van der Waals surface area (Å²) in [5.41, 5.74) is 1.63. The summed E-state index contributed by atoms with van der Waals surface area (Å²) in [5, 5.41) is 3.07. The van der Waals surface area contributed by atoms with E-state index in [9.17, 15) is 4.79 Å². The summed E-state index contributed by atoms with van der Waals surface area (Å²) in [5.74, 6) is 1.83. The lowest BCUT2D eigenvalue weighted by atomic mass is 9.78. The van der Waals surface area contributed by atoms with Crippen LogP contribution in [0.3, 0.4) is 0 Å². The molecular weight excluding hydrogens is 330 g/mol. The molecule has 136 valence electrons. The highest BCUT2D eigenvalue weighted by atomic mass is 16.5. The van der Waals surface area contributed by atoms with E-state index in [4.69, 9.17) is 4.74 Å². The lowest BCUT2D eigenvalue weighted by molar-refractivity contribution is 0.0907. The third-order valence-corrected chi connectivity index (χ3v) is 5.20. The standard InChI is InChI=1S/C19H23N5O2/c1-26-18-5-4-13(11-20-18)19(25)23-15-8-14(9-15)16-10-17(22-12-21-16)24-6-2-3-7-24/h4-5,10-12,14-15H,2-3,6-9H2,1H3,(H,23,25). The number of nitrogens with zero attached hydrogens (tertiary/aromatic N) is 4. The monoisotopic (exact) mass is 353 g/mol. The van der Waals surface area contributed by atoms with Crippen molar-refractivity contribution >= 4 is 11.7 Å². The Labute approximate surface area is 152 Å². The summed E-state index contributed by atoms with van der Waals surface area (Å²) in [6, 6.07) is 5.71. The molecule has 2 aromatic heterocycles. The third-order valence-electron chi connectivity index (χ3n) is 5.20. The number of amides is 1. The SMILES string of the molecule is COc1ccc(C(=O)NC2CC(c3cc(N4CCCC4)ncn3)C2)cn1. The lowest BCUT2D eigenvalue weighted by Gasteiger charge is -2.35. The Hall–Kier alpha value is -2.70. The van der Waals surface area contributed by atoms with Gasteiger partial charge in [-0.2, -0.15) is 0 Å². The van der Waals surface area contributed by atoms with Gasteiger partial charge in [-0.05, 0) is 31.7 Å². The average Bonchev–Trinajstić information content (AvgIpc) is 3.19. The number of pyridine rings is 1. The van der Waals surface area contributed by atoms with Crippen LogP contribution >= 0.6 is 0 Å². The summed E-state index contributed by atoms with van der Waals surface area (Å²) < 4.78 is 5.01. The molecule has 0 bridgehead atoms. The number of carbonyl (C=O) groups is 1. The Morgan fingerprint density at radius 3 is 2.69 bits per heavy atom. The summed E-state index contributed by atoms with van der Waals surface area (Å²) >= 11 is 0. The fourth-order valence-electron chi connectivity index (χ4n) is 3.59. The molecule has 2 aliphatic rings. The first-order valence-corrected chi connectivity index (χ1v) is 9.11. The predicted molar refractivity (Wildman–Crippen MR) is 97.5 cm³/mol. The van der Waals surface area contributed by atoms with E-state index in [1.54, 1.807) is 25.6 Å². The van der Waals surface area contributed by atoms with Gasteiger partial charge in [-0.15, -0.1) is 0 Å².